The summed E-state index contributed by atoms with van der Waals surface area (Å²) in [5.74, 6) is -0.134. The molecule has 2 aromatic heterocycles. The van der Waals surface area contributed by atoms with E-state index in [1.165, 1.54) is 0 Å². The minimum Gasteiger partial charge on any atom is -0.394 e. The minimum absolute atomic E-state index is 0.134. The maximum absolute atomic E-state index is 13.5. The highest BCUT2D eigenvalue weighted by Crippen LogP contribution is 2.31. The van der Waals surface area contributed by atoms with Crippen molar-refractivity contribution in [1.82, 2.24) is 19.4 Å². The van der Waals surface area contributed by atoms with Gasteiger partial charge in [0.2, 0.25) is 0 Å². The van der Waals surface area contributed by atoms with E-state index in [-0.39, 0.29) is 18.6 Å². The van der Waals surface area contributed by atoms with E-state index in [1.54, 1.807) is 11.1 Å². The van der Waals surface area contributed by atoms with Gasteiger partial charge in [-0.3, -0.25) is 4.79 Å². The Balaban J connectivity index is 1.45. The molecule has 2 saturated heterocycles. The zero-order chi connectivity index (χ0) is 21.2. The van der Waals surface area contributed by atoms with Gasteiger partial charge in [-0.05, 0) is 24.5 Å². The van der Waals surface area contributed by atoms with Gasteiger partial charge in [-0.1, -0.05) is 30.3 Å². The van der Waals surface area contributed by atoms with Gasteiger partial charge in [0.05, 0.1) is 31.1 Å². The van der Waals surface area contributed by atoms with E-state index in [2.05, 4.69) is 14.5 Å². The third-order valence-corrected chi connectivity index (χ3v) is 6.18. The highest BCUT2D eigenvalue weighted by Gasteiger charge is 2.36. The van der Waals surface area contributed by atoms with Crippen molar-refractivity contribution in [2.45, 2.75) is 31.0 Å². The second kappa shape index (κ2) is 8.74. The molecule has 0 saturated carbocycles. The smallest absolute Gasteiger partial charge is 0.256 e. The van der Waals surface area contributed by atoms with Crippen LogP contribution in [0.5, 0.6) is 0 Å². The minimum atomic E-state index is -0.468. The molecule has 2 atom stereocenters. The fraction of sp³-hybridized carbons (Fsp3) is 0.435. The summed E-state index contributed by atoms with van der Waals surface area (Å²) in [6.07, 6.45) is 4.84. The Morgan fingerprint density at radius 2 is 1.94 bits per heavy atom. The van der Waals surface area contributed by atoms with Crippen molar-refractivity contribution in [1.29, 1.82) is 0 Å². The summed E-state index contributed by atoms with van der Waals surface area (Å²) in [4.78, 5) is 24.4. The molecule has 31 heavy (non-hydrogen) atoms. The SMILES string of the molecule is O=C(c1cnc2c(c1)ncn2C1CCOCC1)N1CCO[C@@H](CO)[C@@H]1c1ccccc1. The number of nitrogens with zero attached hydrogens (tertiary/aromatic N) is 4. The normalized spacial score (nSPS) is 22.7. The lowest BCUT2D eigenvalue weighted by atomic mass is 9.97. The average Bonchev–Trinajstić information content (AvgIpc) is 3.27. The number of pyridine rings is 1. The lowest BCUT2D eigenvalue weighted by molar-refractivity contribution is -0.0811. The summed E-state index contributed by atoms with van der Waals surface area (Å²) in [6.45, 7) is 2.16. The van der Waals surface area contributed by atoms with Crippen LogP contribution in [0.3, 0.4) is 0 Å². The standard InChI is InChI=1S/C23H26N4O4/c28-14-20-21(16-4-2-1-3-5-16)26(8-11-31-20)23(29)17-12-19-22(24-13-17)27(15-25-19)18-6-9-30-10-7-18/h1-5,12-13,15,18,20-21,28H,6-11,14H2/t20-,21-/m0/s1. The van der Waals surface area contributed by atoms with Crippen LogP contribution in [0.1, 0.15) is 40.8 Å². The molecule has 4 heterocycles. The molecule has 162 valence electrons. The first kappa shape index (κ1) is 20.1. The molecule has 1 amide bonds. The summed E-state index contributed by atoms with van der Waals surface area (Å²) in [6, 6.07) is 11.5. The number of hydrogen-bond donors (Lipinski definition) is 1. The van der Waals surface area contributed by atoms with Gasteiger partial charge in [0, 0.05) is 32.0 Å². The molecule has 0 aliphatic carbocycles. The zero-order valence-electron chi connectivity index (χ0n) is 17.3. The Morgan fingerprint density at radius 1 is 1.13 bits per heavy atom. The fourth-order valence-electron chi connectivity index (χ4n) is 4.59. The third-order valence-electron chi connectivity index (χ3n) is 6.18. The van der Waals surface area contributed by atoms with Crippen molar-refractivity contribution >= 4 is 17.1 Å². The van der Waals surface area contributed by atoms with Crippen molar-refractivity contribution in [3.05, 3.63) is 60.0 Å². The summed E-state index contributed by atoms with van der Waals surface area (Å²) >= 11 is 0. The fourth-order valence-corrected chi connectivity index (χ4v) is 4.59. The van der Waals surface area contributed by atoms with Gasteiger partial charge in [-0.15, -0.1) is 0 Å². The monoisotopic (exact) mass is 422 g/mol. The van der Waals surface area contributed by atoms with Crippen LogP contribution in [-0.2, 0) is 9.47 Å². The first-order chi connectivity index (χ1) is 15.3. The summed E-state index contributed by atoms with van der Waals surface area (Å²) in [7, 11) is 0. The van der Waals surface area contributed by atoms with E-state index < -0.39 is 6.10 Å². The predicted molar refractivity (Wildman–Crippen MR) is 114 cm³/mol. The van der Waals surface area contributed by atoms with Gasteiger partial charge < -0.3 is 24.0 Å². The molecule has 1 aromatic carbocycles. The molecule has 8 heteroatoms. The van der Waals surface area contributed by atoms with Crippen LogP contribution in [0.25, 0.3) is 11.2 Å². The van der Waals surface area contributed by atoms with Crippen LogP contribution in [0.4, 0.5) is 0 Å². The predicted octanol–water partition coefficient (Wildman–Crippen LogP) is 2.36. The molecule has 3 aromatic rings. The number of carbonyl (C=O) groups is 1. The van der Waals surface area contributed by atoms with Crippen molar-refractivity contribution < 1.29 is 19.4 Å². The van der Waals surface area contributed by atoms with Crippen molar-refractivity contribution in [3.63, 3.8) is 0 Å². The molecule has 2 fully saturated rings. The Bertz CT molecular complexity index is 1050. The second-order valence-electron chi connectivity index (χ2n) is 8.01. The molecule has 1 N–H and O–H groups in total. The van der Waals surface area contributed by atoms with Gasteiger partial charge in [0.15, 0.2) is 5.65 Å². The number of benzene rings is 1. The molecule has 2 aliphatic heterocycles. The number of morpholine rings is 1. The van der Waals surface area contributed by atoms with Crippen LogP contribution in [-0.4, -0.2) is 69.5 Å². The molecule has 0 unspecified atom stereocenters. The van der Waals surface area contributed by atoms with Crippen molar-refractivity contribution in [2.24, 2.45) is 0 Å². The van der Waals surface area contributed by atoms with E-state index in [0.717, 1.165) is 37.3 Å². The number of aliphatic hydroxyl groups is 1. The lowest BCUT2D eigenvalue weighted by Gasteiger charge is -2.41. The summed E-state index contributed by atoms with van der Waals surface area (Å²) in [5.41, 5.74) is 2.93. The number of carbonyl (C=O) groups excluding carboxylic acids is 1. The number of amides is 1. The highest BCUT2D eigenvalue weighted by molar-refractivity contribution is 5.96. The molecule has 0 radical (unpaired) electrons. The zero-order valence-corrected chi connectivity index (χ0v) is 17.3. The Morgan fingerprint density at radius 3 is 2.71 bits per heavy atom. The number of aromatic nitrogens is 3. The Hall–Kier alpha value is -2.81. The molecular formula is C23H26N4O4. The van der Waals surface area contributed by atoms with E-state index in [4.69, 9.17) is 9.47 Å². The highest BCUT2D eigenvalue weighted by atomic mass is 16.5. The third kappa shape index (κ3) is 3.82. The van der Waals surface area contributed by atoms with Gasteiger partial charge in [0.25, 0.3) is 5.91 Å². The lowest BCUT2D eigenvalue weighted by Crippen LogP contribution is -2.49. The maximum Gasteiger partial charge on any atom is 0.256 e. The van der Waals surface area contributed by atoms with Crippen molar-refractivity contribution in [3.8, 4) is 0 Å². The number of aliphatic hydroxyl groups excluding tert-OH is 1. The van der Waals surface area contributed by atoms with Crippen LogP contribution in [0, 0.1) is 0 Å². The van der Waals surface area contributed by atoms with Crippen LogP contribution in [0.15, 0.2) is 48.9 Å². The summed E-state index contributed by atoms with van der Waals surface area (Å²) < 4.78 is 13.3. The molecule has 2 aliphatic rings. The van der Waals surface area contributed by atoms with Crippen LogP contribution < -0.4 is 0 Å². The Kier molecular flexibility index (Phi) is 5.67. The van der Waals surface area contributed by atoms with Gasteiger partial charge >= 0.3 is 0 Å². The Labute approximate surface area is 180 Å². The summed E-state index contributed by atoms with van der Waals surface area (Å²) in [5, 5.41) is 9.86. The number of ether oxygens (including phenoxy) is 2. The number of rotatable bonds is 4. The molecular weight excluding hydrogens is 396 g/mol. The van der Waals surface area contributed by atoms with E-state index in [1.807, 2.05) is 42.7 Å². The van der Waals surface area contributed by atoms with Gasteiger partial charge in [0.1, 0.15) is 11.6 Å². The van der Waals surface area contributed by atoms with Gasteiger partial charge in [-0.25, -0.2) is 9.97 Å². The molecule has 5 rings (SSSR count). The largest absolute Gasteiger partial charge is 0.394 e. The molecule has 0 spiro atoms. The first-order valence-electron chi connectivity index (χ1n) is 10.7. The molecule has 0 bridgehead atoms. The van der Waals surface area contributed by atoms with E-state index in [9.17, 15) is 9.90 Å². The van der Waals surface area contributed by atoms with Crippen LogP contribution >= 0.6 is 0 Å². The second-order valence-corrected chi connectivity index (χ2v) is 8.01. The number of fused-ring (bicyclic) bond motifs is 1. The quantitative estimate of drug-likeness (QED) is 0.694. The average molecular weight is 422 g/mol. The van der Waals surface area contributed by atoms with Crippen LogP contribution in [0.2, 0.25) is 0 Å². The first-order valence-corrected chi connectivity index (χ1v) is 10.7. The number of hydrogen-bond acceptors (Lipinski definition) is 6. The van der Waals surface area contributed by atoms with E-state index in [0.29, 0.717) is 30.3 Å². The van der Waals surface area contributed by atoms with Crippen molar-refractivity contribution in [2.75, 3.05) is 33.0 Å². The maximum atomic E-state index is 13.5. The van der Waals surface area contributed by atoms with E-state index >= 15 is 0 Å². The number of imidazole rings is 1. The topological polar surface area (TPSA) is 89.7 Å². The van der Waals surface area contributed by atoms with Gasteiger partial charge in [-0.2, -0.15) is 0 Å². The molecule has 8 nitrogen and oxygen atoms in total.